The standard InChI is InChI=1S/C34H31N3O3.C29H35N3O3.C27H25NO3.C26H23NO3/c1-3-35-20-10-11-26-22-25(17-19-31(26)35)16-18-30-23-27(21-24(2)40-30)32-33(38)36(28-12-6-4-7-13-28)37(34(32)39)29-14-8-5-9-15-29;1-18-14-20(24-26(33)30(6)31(7)27(24)34)17-21(35-18)9-8-19-15-22-25-23(16-19)29(4,5)11-13-32(25)12-10-28(22,2)3;1-4-28(5-2)21-13-10-19(11-14-21)12-15-22-17-20(16-18(3)31-22)25-26(29)23-8-6-7-9-24(23)27(25)30;1-16-13-20(27(3)4)11-9-18(16)10-12-21-15-19(14-17(2)30-21)24-25(28)22-7-5-6-8-23(22)26(24)29/h4-9,12-19,21-23H,3,10-11,20H2,1-2H3;8-9,14-17H,10-13H2,1-7H3;6-17H,4-5H2,1-3H3;5-15H,1-4H3/b18-16+;9-8+;15-12+;12-10+. The maximum absolute atomic E-state index is 13.9. The van der Waals surface area contributed by atoms with E-state index in [1.807, 2.05) is 145 Å². The van der Waals surface area contributed by atoms with Crippen molar-refractivity contribution >= 4 is 105 Å². The van der Waals surface area contributed by atoms with Crippen molar-refractivity contribution in [1.82, 2.24) is 10.0 Å². The molecular formula is C116H114N8O12. The summed E-state index contributed by atoms with van der Waals surface area (Å²) in [5.41, 5.74) is 21.1. The lowest BCUT2D eigenvalue weighted by Gasteiger charge is -2.48. The van der Waals surface area contributed by atoms with Gasteiger partial charge >= 0.3 is 0 Å². The largest absolute Gasteiger partial charge is 0.462 e. The van der Waals surface area contributed by atoms with E-state index in [9.17, 15) is 38.4 Å². The van der Waals surface area contributed by atoms with E-state index in [0.29, 0.717) is 102 Å². The molecule has 136 heavy (non-hydrogen) atoms. The number of benzene rings is 8. The van der Waals surface area contributed by atoms with Crippen LogP contribution in [0.3, 0.4) is 0 Å². The average molecular weight is 1810 g/mol. The zero-order valence-electron chi connectivity index (χ0n) is 80.1. The number of hydrogen-bond acceptors (Lipinski definition) is 16. The molecule has 0 bridgehead atoms. The highest BCUT2D eigenvalue weighted by Crippen LogP contribution is 2.50. The van der Waals surface area contributed by atoms with Crippen LogP contribution >= 0.6 is 0 Å². The number of carbonyl (C=O) groups is 8. The van der Waals surface area contributed by atoms with E-state index in [4.69, 9.17) is 18.9 Å². The summed E-state index contributed by atoms with van der Waals surface area (Å²) in [7, 11) is 7.22. The van der Waals surface area contributed by atoms with Crippen LogP contribution in [0.2, 0.25) is 0 Å². The van der Waals surface area contributed by atoms with Crippen molar-refractivity contribution in [3.05, 3.63) is 412 Å². The van der Waals surface area contributed by atoms with Gasteiger partial charge in [0.1, 0.15) is 57.2 Å². The van der Waals surface area contributed by atoms with Crippen molar-refractivity contribution in [2.45, 2.75) is 120 Å². The Bertz CT molecular complexity index is 6620. The molecule has 0 atom stereocenters. The lowest BCUT2D eigenvalue weighted by atomic mass is 9.69. The van der Waals surface area contributed by atoms with Gasteiger partial charge in [0.15, 0.2) is 23.1 Å². The minimum Gasteiger partial charge on any atom is -0.462 e. The molecule has 2 aliphatic carbocycles. The molecule has 20 heteroatoms. The van der Waals surface area contributed by atoms with Gasteiger partial charge < -0.3 is 38.5 Å². The molecule has 0 unspecified atom stereocenters. The Morgan fingerprint density at radius 2 is 0.765 bits per heavy atom. The lowest BCUT2D eigenvalue weighted by Crippen LogP contribution is -2.44. The number of hydrogen-bond donors (Lipinski definition) is 0. The number of hydrazine groups is 2. The molecule has 0 N–H and O–H groups in total. The zero-order chi connectivity index (χ0) is 96.3. The predicted octanol–water partition coefficient (Wildman–Crippen LogP) is 22.4. The highest BCUT2D eigenvalue weighted by atomic mass is 16.5. The number of para-hydroxylation sites is 2. The molecule has 690 valence electrons. The van der Waals surface area contributed by atoms with Crippen LogP contribution in [-0.4, -0.2) is 124 Å². The molecule has 19 rings (SSSR count). The number of anilines is 6. The summed E-state index contributed by atoms with van der Waals surface area (Å²) in [6, 6.07) is 58.1. The van der Waals surface area contributed by atoms with Gasteiger partial charge in [-0.25, -0.2) is 10.0 Å². The minimum absolute atomic E-state index is 0.106. The van der Waals surface area contributed by atoms with Crippen molar-refractivity contribution in [1.29, 1.82) is 0 Å². The van der Waals surface area contributed by atoms with E-state index in [0.717, 1.165) is 98.5 Å². The van der Waals surface area contributed by atoms with E-state index in [1.54, 1.807) is 111 Å². The first-order valence-corrected chi connectivity index (χ1v) is 46.5. The van der Waals surface area contributed by atoms with Crippen LogP contribution in [0.15, 0.2) is 346 Å². The molecule has 0 saturated carbocycles. The summed E-state index contributed by atoms with van der Waals surface area (Å²) in [4.78, 5) is 114. The van der Waals surface area contributed by atoms with E-state index in [1.165, 1.54) is 53.8 Å². The molecule has 0 aromatic heterocycles. The first-order chi connectivity index (χ1) is 65.3. The molecule has 2 saturated heterocycles. The van der Waals surface area contributed by atoms with Gasteiger partial charge in [0, 0.05) is 112 Å². The molecule has 8 aromatic carbocycles. The van der Waals surface area contributed by atoms with Crippen LogP contribution in [0.25, 0.3) is 24.3 Å². The Labute approximate surface area is 796 Å². The molecular weight excluding hydrogens is 1700 g/mol. The molecule has 0 spiro atoms. The minimum atomic E-state index is -0.379. The second-order valence-corrected chi connectivity index (χ2v) is 36.7. The van der Waals surface area contributed by atoms with Gasteiger partial charge in [0.25, 0.3) is 23.6 Å². The highest BCUT2D eigenvalue weighted by Gasteiger charge is 2.46. The number of fused-ring (bicyclic) bond motifs is 3. The van der Waals surface area contributed by atoms with Crippen molar-refractivity contribution in [3.63, 3.8) is 0 Å². The smallest absolute Gasteiger partial charge is 0.283 e. The average Bonchev–Trinajstić information content (AvgIpc) is 1.22. The third kappa shape index (κ3) is 19.4. The molecule has 4 amide bonds. The fourth-order valence-corrected chi connectivity index (χ4v) is 18.7. The Hall–Kier alpha value is -15.4. The molecule has 9 aliphatic heterocycles. The summed E-state index contributed by atoms with van der Waals surface area (Å²) in [5.74, 6) is 2.60. The maximum Gasteiger partial charge on any atom is 0.283 e. The first-order valence-electron chi connectivity index (χ1n) is 46.5. The Balaban J connectivity index is 0.000000132. The van der Waals surface area contributed by atoms with E-state index >= 15 is 0 Å². The second-order valence-electron chi connectivity index (χ2n) is 36.7. The summed E-state index contributed by atoms with van der Waals surface area (Å²) >= 11 is 0. The van der Waals surface area contributed by atoms with Gasteiger partial charge in [0.05, 0.1) is 22.5 Å². The number of Topliss-reactive ketones (excluding diaryl/α,β-unsaturated/α-hetero) is 4. The number of nitrogens with zero attached hydrogens (tertiary/aromatic N) is 8. The number of ether oxygens (including phenoxy) is 4. The van der Waals surface area contributed by atoms with Gasteiger partial charge in [-0.1, -0.05) is 161 Å². The molecule has 0 radical (unpaired) electrons. The zero-order valence-corrected chi connectivity index (χ0v) is 80.1. The van der Waals surface area contributed by atoms with Gasteiger partial charge in [-0.05, 0) is 304 Å². The number of amides is 4. The number of carbonyl (C=O) groups excluding carboxylic acids is 8. The van der Waals surface area contributed by atoms with Crippen molar-refractivity contribution in [3.8, 4) is 0 Å². The summed E-state index contributed by atoms with van der Waals surface area (Å²) in [6.07, 6.45) is 34.2. The number of allylic oxidation sites excluding steroid dienone is 22. The van der Waals surface area contributed by atoms with Gasteiger partial charge in [-0.15, -0.1) is 0 Å². The molecule has 11 aliphatic rings. The number of likely N-dealkylation sites (N-methyl/N-ethyl adjacent to an activating group) is 2. The van der Waals surface area contributed by atoms with Crippen LogP contribution in [0.4, 0.5) is 34.1 Å². The van der Waals surface area contributed by atoms with Gasteiger partial charge in [0.2, 0.25) is 0 Å². The van der Waals surface area contributed by atoms with Gasteiger partial charge in [-0.2, -0.15) is 0 Å². The Kier molecular flexibility index (Phi) is 27.2. The molecule has 2 fully saturated rings. The van der Waals surface area contributed by atoms with Crippen molar-refractivity contribution < 1.29 is 57.3 Å². The fraction of sp³-hybridized carbons (Fsp3) is 0.241. The van der Waals surface area contributed by atoms with Crippen LogP contribution in [-0.2, 0) is 55.4 Å². The van der Waals surface area contributed by atoms with E-state index < -0.39 is 0 Å². The third-order valence-electron chi connectivity index (χ3n) is 26.3. The summed E-state index contributed by atoms with van der Waals surface area (Å²) < 4.78 is 23.6. The Morgan fingerprint density at radius 1 is 0.382 bits per heavy atom. The van der Waals surface area contributed by atoms with E-state index in [-0.39, 0.29) is 79.9 Å². The Morgan fingerprint density at radius 3 is 1.18 bits per heavy atom. The van der Waals surface area contributed by atoms with Gasteiger partial charge in [-0.3, -0.25) is 48.4 Å². The predicted molar refractivity (Wildman–Crippen MR) is 542 cm³/mol. The first kappa shape index (κ1) is 93.8. The summed E-state index contributed by atoms with van der Waals surface area (Å²) in [5, 5.41) is 5.54. The third-order valence-corrected chi connectivity index (χ3v) is 26.3. The normalized spacial score (nSPS) is 18.1. The molecule has 20 nitrogen and oxygen atoms in total. The van der Waals surface area contributed by atoms with Crippen molar-refractivity contribution in [2.75, 3.05) is 97.1 Å². The van der Waals surface area contributed by atoms with Crippen LogP contribution < -0.4 is 29.6 Å². The number of aryl methyl sites for hydroxylation is 2. The van der Waals surface area contributed by atoms with Crippen molar-refractivity contribution in [2.24, 2.45) is 0 Å². The van der Waals surface area contributed by atoms with E-state index in [2.05, 4.69) is 154 Å². The highest BCUT2D eigenvalue weighted by molar-refractivity contribution is 6.41. The monoisotopic (exact) mass is 1810 g/mol. The SMILES string of the molecule is CC1=CC(=C2C(=O)N(C)N(C)C2=O)C=C(/C=C/c2cc3c4c(c2)C(C)(C)CCN4CCC3(C)C)O1.CC1=CC(=C2C(=O)c3ccccc3C2=O)C=C(/C=C/c2ccc(N(C)C)cc2C)O1.CCN(CC)c1ccc(/C=C/C2=CC(=C3C(=O)c4ccccc4C3=O)C=C(C)O2)cc1.CCN1CCCc2cc(/C=C/C3=CC(=C4C(=O)N(c5ccccc5)N(c5ccccc5)C4=O)C=C(C)O3)ccc21. The number of rotatable bonds is 15. The maximum atomic E-state index is 13.9. The second kappa shape index (κ2) is 39.4. The summed E-state index contributed by atoms with van der Waals surface area (Å²) in [6.45, 7) is 31.5. The quantitative estimate of drug-likeness (QED) is 0.0693. The lowest BCUT2D eigenvalue weighted by molar-refractivity contribution is -0.141. The number of ketones is 4. The molecule has 8 aromatic rings. The van der Waals surface area contributed by atoms with Crippen LogP contribution in [0.1, 0.15) is 181 Å². The topological polar surface area (TPSA) is 199 Å². The van der Waals surface area contributed by atoms with Crippen LogP contribution in [0.5, 0.6) is 0 Å². The van der Waals surface area contributed by atoms with Crippen LogP contribution in [0, 0.1) is 6.92 Å². The fourth-order valence-electron chi connectivity index (χ4n) is 18.7. The molecule has 9 heterocycles.